The number of nitrogens with zero attached hydrogens (tertiary/aromatic N) is 2. The average molecular weight is 565 g/mol. The molecule has 0 aliphatic heterocycles. The van der Waals surface area contributed by atoms with E-state index in [1.807, 2.05) is 48.5 Å². The topological polar surface area (TPSA) is 69.5 Å². The highest BCUT2D eigenvalue weighted by molar-refractivity contribution is 5.86. The standard InChI is InChI=1S/C35H52N2O4/c1-4-5-6-7-8-9-10-11-12-13-16-27-39-33-23-19-31(20-24-33)36-37-32-21-25-34(26-22-32)40-28-17-14-15-18-29-41-35(38)30(2)3/h19-26H,2,4-18,27-29H2,1,3H3. The number of carbonyl (C=O) groups is 1. The summed E-state index contributed by atoms with van der Waals surface area (Å²) in [7, 11) is 0. The molecule has 226 valence electrons. The monoisotopic (exact) mass is 564 g/mol. The van der Waals surface area contributed by atoms with E-state index in [-0.39, 0.29) is 5.97 Å². The fourth-order valence-electron chi connectivity index (χ4n) is 4.33. The van der Waals surface area contributed by atoms with Crippen molar-refractivity contribution in [3.8, 4) is 11.5 Å². The van der Waals surface area contributed by atoms with E-state index in [1.54, 1.807) is 6.92 Å². The van der Waals surface area contributed by atoms with Gasteiger partial charge in [-0.2, -0.15) is 10.2 Å². The number of hydrogen-bond acceptors (Lipinski definition) is 6. The van der Waals surface area contributed by atoms with Crippen LogP contribution >= 0.6 is 0 Å². The minimum absolute atomic E-state index is 0.316. The van der Waals surface area contributed by atoms with Gasteiger partial charge in [0.1, 0.15) is 11.5 Å². The largest absolute Gasteiger partial charge is 0.494 e. The maximum absolute atomic E-state index is 11.3. The Morgan fingerprint density at radius 1 is 0.585 bits per heavy atom. The molecule has 6 nitrogen and oxygen atoms in total. The van der Waals surface area contributed by atoms with Crippen LogP contribution in [0.2, 0.25) is 0 Å². The fourth-order valence-corrected chi connectivity index (χ4v) is 4.33. The number of benzene rings is 2. The molecule has 0 amide bonds. The lowest BCUT2D eigenvalue weighted by Gasteiger charge is -2.07. The van der Waals surface area contributed by atoms with Gasteiger partial charge in [0.2, 0.25) is 0 Å². The highest BCUT2D eigenvalue weighted by Gasteiger charge is 2.02. The van der Waals surface area contributed by atoms with Crippen molar-refractivity contribution in [1.82, 2.24) is 0 Å². The van der Waals surface area contributed by atoms with Crippen LogP contribution in [0.25, 0.3) is 0 Å². The smallest absolute Gasteiger partial charge is 0.333 e. The Kier molecular flexibility index (Phi) is 18.7. The SMILES string of the molecule is C=C(C)C(=O)OCCCCCCOc1ccc(N=Nc2ccc(OCCCCCCCCCCCCC)cc2)cc1. The zero-order valence-corrected chi connectivity index (χ0v) is 25.6. The summed E-state index contributed by atoms with van der Waals surface area (Å²) in [5, 5.41) is 8.67. The van der Waals surface area contributed by atoms with Crippen LogP contribution in [0.15, 0.2) is 70.9 Å². The van der Waals surface area contributed by atoms with Crippen LogP contribution in [0.3, 0.4) is 0 Å². The molecule has 2 aromatic carbocycles. The zero-order valence-electron chi connectivity index (χ0n) is 25.6. The van der Waals surface area contributed by atoms with E-state index in [0.717, 1.165) is 61.6 Å². The highest BCUT2D eigenvalue weighted by atomic mass is 16.5. The Balaban J connectivity index is 1.51. The van der Waals surface area contributed by atoms with E-state index in [2.05, 4.69) is 23.7 Å². The minimum atomic E-state index is -0.316. The summed E-state index contributed by atoms with van der Waals surface area (Å²) in [6, 6.07) is 15.4. The predicted molar refractivity (Wildman–Crippen MR) is 169 cm³/mol. The molecule has 0 heterocycles. The van der Waals surface area contributed by atoms with Crippen molar-refractivity contribution in [3.63, 3.8) is 0 Å². The number of azo groups is 1. The summed E-state index contributed by atoms with van der Waals surface area (Å²) in [5.41, 5.74) is 2.01. The van der Waals surface area contributed by atoms with Gasteiger partial charge in [-0.1, -0.05) is 77.7 Å². The summed E-state index contributed by atoms with van der Waals surface area (Å²) < 4.78 is 16.8. The lowest BCUT2D eigenvalue weighted by Crippen LogP contribution is -2.06. The number of unbranched alkanes of at least 4 members (excludes halogenated alkanes) is 13. The number of hydrogen-bond donors (Lipinski definition) is 0. The van der Waals surface area contributed by atoms with E-state index in [1.165, 1.54) is 64.2 Å². The molecular weight excluding hydrogens is 512 g/mol. The number of ether oxygens (including phenoxy) is 3. The molecule has 0 saturated carbocycles. The van der Waals surface area contributed by atoms with Gasteiger partial charge in [0.05, 0.1) is 31.2 Å². The van der Waals surface area contributed by atoms with Crippen molar-refractivity contribution >= 4 is 17.3 Å². The van der Waals surface area contributed by atoms with Crippen molar-refractivity contribution in [2.45, 2.75) is 110 Å². The maximum atomic E-state index is 11.3. The van der Waals surface area contributed by atoms with Crippen LogP contribution in [-0.2, 0) is 9.53 Å². The van der Waals surface area contributed by atoms with E-state index in [0.29, 0.717) is 18.8 Å². The van der Waals surface area contributed by atoms with Gasteiger partial charge in [-0.25, -0.2) is 4.79 Å². The number of rotatable bonds is 24. The zero-order chi connectivity index (χ0) is 29.4. The quantitative estimate of drug-likeness (QED) is 0.0550. The lowest BCUT2D eigenvalue weighted by molar-refractivity contribution is -0.139. The second-order valence-electron chi connectivity index (χ2n) is 10.8. The molecule has 41 heavy (non-hydrogen) atoms. The van der Waals surface area contributed by atoms with Gasteiger partial charge >= 0.3 is 5.97 Å². The first kappa shape index (κ1) is 34.1. The molecule has 2 aromatic rings. The van der Waals surface area contributed by atoms with Crippen LogP contribution in [0.5, 0.6) is 11.5 Å². The van der Waals surface area contributed by atoms with Crippen LogP contribution in [0.4, 0.5) is 11.4 Å². The molecule has 0 N–H and O–H groups in total. The van der Waals surface area contributed by atoms with Gasteiger partial charge in [0, 0.05) is 5.57 Å². The third-order valence-electron chi connectivity index (χ3n) is 6.86. The van der Waals surface area contributed by atoms with Gasteiger partial charge in [-0.15, -0.1) is 0 Å². The molecule has 0 aliphatic carbocycles. The molecule has 0 fully saturated rings. The van der Waals surface area contributed by atoms with Crippen molar-refractivity contribution in [1.29, 1.82) is 0 Å². The first-order valence-electron chi connectivity index (χ1n) is 15.8. The average Bonchev–Trinajstić information content (AvgIpc) is 2.99. The Hall–Kier alpha value is -3.15. The molecule has 2 rings (SSSR count). The van der Waals surface area contributed by atoms with Crippen molar-refractivity contribution in [2.75, 3.05) is 19.8 Å². The number of esters is 1. The van der Waals surface area contributed by atoms with E-state index in [4.69, 9.17) is 14.2 Å². The summed E-state index contributed by atoms with van der Waals surface area (Å²) in [4.78, 5) is 11.3. The summed E-state index contributed by atoms with van der Waals surface area (Å²) >= 11 is 0. The molecule has 0 aliphatic rings. The molecule has 0 radical (unpaired) electrons. The molecule has 0 atom stereocenters. The summed E-state index contributed by atoms with van der Waals surface area (Å²) in [6.45, 7) is 9.36. The second-order valence-corrected chi connectivity index (χ2v) is 10.8. The Labute approximate surface area is 248 Å². The maximum Gasteiger partial charge on any atom is 0.333 e. The van der Waals surface area contributed by atoms with Crippen LogP contribution in [-0.4, -0.2) is 25.8 Å². The van der Waals surface area contributed by atoms with E-state index >= 15 is 0 Å². The Morgan fingerprint density at radius 2 is 0.951 bits per heavy atom. The molecule has 0 unspecified atom stereocenters. The molecule has 0 aromatic heterocycles. The summed E-state index contributed by atoms with van der Waals surface area (Å²) in [6.07, 6.45) is 18.5. The first-order chi connectivity index (χ1) is 20.1. The predicted octanol–water partition coefficient (Wildman–Crippen LogP) is 10.9. The summed E-state index contributed by atoms with van der Waals surface area (Å²) in [5.74, 6) is 1.38. The van der Waals surface area contributed by atoms with E-state index < -0.39 is 0 Å². The normalized spacial score (nSPS) is 11.1. The third kappa shape index (κ3) is 17.3. The Morgan fingerprint density at radius 3 is 1.34 bits per heavy atom. The molecule has 6 heteroatoms. The van der Waals surface area contributed by atoms with Crippen LogP contribution in [0, 0.1) is 0 Å². The molecule has 0 saturated heterocycles. The van der Waals surface area contributed by atoms with Crippen molar-refractivity contribution in [2.24, 2.45) is 10.2 Å². The highest BCUT2D eigenvalue weighted by Crippen LogP contribution is 2.23. The van der Waals surface area contributed by atoms with Gasteiger partial charge in [-0.05, 0) is 87.6 Å². The second kappa shape index (κ2) is 22.5. The molecule has 0 spiro atoms. The van der Waals surface area contributed by atoms with Gasteiger partial charge < -0.3 is 14.2 Å². The fraction of sp³-hybridized carbons (Fsp3) is 0.571. The van der Waals surface area contributed by atoms with Gasteiger partial charge in [0.25, 0.3) is 0 Å². The molecule has 0 bridgehead atoms. The number of carbonyl (C=O) groups excluding carboxylic acids is 1. The Bertz CT molecular complexity index is 986. The van der Waals surface area contributed by atoms with Crippen molar-refractivity contribution in [3.05, 3.63) is 60.7 Å². The van der Waals surface area contributed by atoms with Gasteiger partial charge in [-0.3, -0.25) is 0 Å². The van der Waals surface area contributed by atoms with Crippen LogP contribution < -0.4 is 9.47 Å². The van der Waals surface area contributed by atoms with Crippen LogP contribution in [0.1, 0.15) is 110 Å². The third-order valence-corrected chi connectivity index (χ3v) is 6.86. The van der Waals surface area contributed by atoms with Gasteiger partial charge in [0.15, 0.2) is 0 Å². The minimum Gasteiger partial charge on any atom is -0.494 e. The van der Waals surface area contributed by atoms with Crippen molar-refractivity contribution < 1.29 is 19.0 Å². The van der Waals surface area contributed by atoms with E-state index in [9.17, 15) is 4.79 Å². The lowest BCUT2D eigenvalue weighted by atomic mass is 10.1. The molecular formula is C35H52N2O4. The first-order valence-corrected chi connectivity index (χ1v) is 15.8.